The van der Waals surface area contributed by atoms with Crippen molar-refractivity contribution in [1.82, 2.24) is 19.9 Å². The first-order valence-electron chi connectivity index (χ1n) is 22.0. The predicted octanol–water partition coefficient (Wildman–Crippen LogP) is 6.25. The maximum absolute atomic E-state index is 16.2. The van der Waals surface area contributed by atoms with E-state index in [-0.39, 0.29) is 43.3 Å². The highest BCUT2D eigenvalue weighted by atomic mass is 16.6. The monoisotopic (exact) mass is 923 g/mol. The van der Waals surface area contributed by atoms with Gasteiger partial charge in [0.15, 0.2) is 0 Å². The van der Waals surface area contributed by atoms with Crippen molar-refractivity contribution in [2.75, 3.05) is 18.1 Å². The number of nitrogens with zero attached hydrogens (tertiary/aromatic N) is 6. The molecule has 69 heavy (non-hydrogen) atoms. The molecule has 7 aromatic rings. The molecule has 10 rings (SSSR count). The molecule has 0 unspecified atom stereocenters. The number of aliphatic hydroxyl groups is 1. The molecular weight excluding hydrogens is 883 g/mol. The van der Waals surface area contributed by atoms with Crippen molar-refractivity contribution in [2.24, 2.45) is 11.7 Å². The number of esters is 1. The number of ether oxygens (including phenoxy) is 3. The van der Waals surface area contributed by atoms with Gasteiger partial charge in [-0.15, -0.1) is 5.10 Å². The zero-order valence-electron chi connectivity index (χ0n) is 36.5. The number of carbonyl (C=O) groups is 4. The smallest absolute Gasteiger partial charge is 0.421 e. The number of nitro benzene ring substituents is 1. The maximum atomic E-state index is 16.2. The molecule has 17 nitrogen and oxygen atoms in total. The van der Waals surface area contributed by atoms with Gasteiger partial charge in [0, 0.05) is 17.7 Å². The SMILES string of the molecule is NC(=O)[C@H]1[C@@H]2C(=O)O[C@@H](c3ccccc3)[C@@H](c3ccccc3)N2[C@@H](c2ccc(OCCO)cc2)[C@]12C(=O)N(C(=O)OCc1ccc([N+](=O)[O-])cc1)c1ccc(C#CCn3nnc4ccccc43)cc12. The Morgan fingerprint density at radius 2 is 1.54 bits per heavy atom. The van der Waals surface area contributed by atoms with E-state index >= 15 is 9.59 Å². The number of morpholine rings is 1. The minimum Gasteiger partial charge on any atom is -0.491 e. The summed E-state index contributed by atoms with van der Waals surface area (Å²) in [5, 5.41) is 29.4. The molecule has 17 heteroatoms. The number of imide groups is 1. The molecule has 1 spiro atoms. The van der Waals surface area contributed by atoms with E-state index < -0.39 is 64.4 Å². The van der Waals surface area contributed by atoms with E-state index in [1.165, 1.54) is 24.3 Å². The van der Waals surface area contributed by atoms with Crippen LogP contribution in [0.5, 0.6) is 5.75 Å². The Kier molecular flexibility index (Phi) is 11.6. The number of fused-ring (bicyclic) bond motifs is 4. The van der Waals surface area contributed by atoms with Gasteiger partial charge in [-0.25, -0.2) is 14.4 Å². The molecule has 0 saturated carbocycles. The fourth-order valence-electron chi connectivity index (χ4n) is 10.1. The molecule has 4 heterocycles. The van der Waals surface area contributed by atoms with Crippen LogP contribution in [0, 0.1) is 27.9 Å². The van der Waals surface area contributed by atoms with Crippen molar-refractivity contribution in [3.63, 3.8) is 0 Å². The van der Waals surface area contributed by atoms with E-state index in [4.69, 9.17) is 19.9 Å². The maximum Gasteiger partial charge on any atom is 0.421 e. The molecule has 0 bridgehead atoms. The van der Waals surface area contributed by atoms with Crippen LogP contribution in [-0.2, 0) is 42.4 Å². The van der Waals surface area contributed by atoms with Crippen LogP contribution in [0.25, 0.3) is 11.0 Å². The normalized spacial score (nSPS) is 21.5. The number of hydrogen-bond acceptors (Lipinski definition) is 13. The molecule has 3 N–H and O–H groups in total. The van der Waals surface area contributed by atoms with E-state index in [0.717, 1.165) is 10.4 Å². The Morgan fingerprint density at radius 1 is 0.841 bits per heavy atom. The Labute approximate surface area is 393 Å². The number of anilines is 1. The predicted molar refractivity (Wildman–Crippen MR) is 248 cm³/mol. The quantitative estimate of drug-likeness (QED) is 0.0635. The van der Waals surface area contributed by atoms with Crippen LogP contribution >= 0.6 is 0 Å². The second-order valence-corrected chi connectivity index (χ2v) is 16.7. The van der Waals surface area contributed by atoms with Crippen molar-refractivity contribution in [3.05, 3.63) is 195 Å². The first kappa shape index (κ1) is 44.1. The number of benzene rings is 6. The summed E-state index contributed by atoms with van der Waals surface area (Å²) in [5.74, 6) is 2.33. The number of aromatic nitrogens is 3. The summed E-state index contributed by atoms with van der Waals surface area (Å²) in [6.07, 6.45) is -2.07. The van der Waals surface area contributed by atoms with Crippen LogP contribution < -0.4 is 15.4 Å². The molecule has 0 aliphatic carbocycles. The number of carbonyl (C=O) groups excluding carboxylic acids is 4. The van der Waals surface area contributed by atoms with Gasteiger partial charge < -0.3 is 25.1 Å². The highest BCUT2D eigenvalue weighted by Crippen LogP contribution is 2.65. The molecule has 3 amide bonds. The van der Waals surface area contributed by atoms with Gasteiger partial charge >= 0.3 is 12.1 Å². The number of non-ortho nitro benzene ring substituents is 1. The third kappa shape index (κ3) is 7.67. The van der Waals surface area contributed by atoms with E-state index in [2.05, 4.69) is 22.2 Å². The van der Waals surface area contributed by atoms with Crippen molar-refractivity contribution in [1.29, 1.82) is 0 Å². The van der Waals surface area contributed by atoms with Gasteiger partial charge in [0.25, 0.3) is 5.69 Å². The Hall–Kier alpha value is -8.72. The Bertz CT molecular complexity index is 3190. The standard InChI is InChI=1S/C52H41N7O10/c53-48(61)43-45-49(62)69-46(35-13-5-2-6-14-35)44(34-11-3-1-4-12-34)58(45)47(36-20-24-38(25-21-36)67-29-28-60)52(43)39-30-32(10-9-27-56-42-16-8-7-15-40(42)54-55-56)19-26-41(39)57(50(52)63)51(64)68-31-33-17-22-37(23-18-33)59(65)66/h1-8,11-26,30,43-47,60H,27-29,31H2,(H2,53,61)/t43-,44-,45-,46+,47+,52-/m1/s1. The first-order valence-corrected chi connectivity index (χ1v) is 22.0. The van der Waals surface area contributed by atoms with E-state index in [9.17, 15) is 24.8 Å². The zero-order chi connectivity index (χ0) is 47.8. The summed E-state index contributed by atoms with van der Waals surface area (Å²) in [6.45, 7) is -0.475. The number of amides is 3. The summed E-state index contributed by atoms with van der Waals surface area (Å²) >= 11 is 0. The van der Waals surface area contributed by atoms with Gasteiger partial charge in [-0.1, -0.05) is 102 Å². The largest absolute Gasteiger partial charge is 0.491 e. The number of hydrogen-bond donors (Lipinski definition) is 2. The average Bonchev–Trinajstić information content (AvgIpc) is 4.02. The van der Waals surface area contributed by atoms with Gasteiger partial charge in [-0.2, -0.15) is 0 Å². The second kappa shape index (κ2) is 18.2. The van der Waals surface area contributed by atoms with Crippen molar-refractivity contribution >= 4 is 46.3 Å². The topological polar surface area (TPSA) is 223 Å². The molecule has 6 atom stereocenters. The molecule has 344 valence electrons. The van der Waals surface area contributed by atoms with Crippen molar-refractivity contribution in [2.45, 2.75) is 42.8 Å². The lowest BCUT2D eigenvalue weighted by atomic mass is 9.65. The number of aliphatic hydroxyl groups excluding tert-OH is 1. The molecule has 3 aliphatic heterocycles. The Morgan fingerprint density at radius 3 is 2.23 bits per heavy atom. The van der Waals surface area contributed by atoms with Gasteiger partial charge in [0.1, 0.15) is 48.6 Å². The lowest BCUT2D eigenvalue weighted by molar-refractivity contribution is -0.384. The molecule has 1 aromatic heterocycles. The lowest BCUT2D eigenvalue weighted by Gasteiger charge is -2.46. The third-order valence-electron chi connectivity index (χ3n) is 12.9. The van der Waals surface area contributed by atoms with Crippen LogP contribution in [0.1, 0.15) is 51.6 Å². The summed E-state index contributed by atoms with van der Waals surface area (Å²) in [6, 6.07) is 39.3. The van der Waals surface area contributed by atoms with Gasteiger partial charge in [-0.05, 0) is 82.4 Å². The molecule has 0 radical (unpaired) electrons. The van der Waals surface area contributed by atoms with Gasteiger partial charge in [0.05, 0.1) is 40.7 Å². The third-order valence-corrected chi connectivity index (χ3v) is 12.9. The first-order chi connectivity index (χ1) is 33.6. The number of cyclic esters (lactones) is 1. The lowest BCUT2D eigenvalue weighted by Crippen LogP contribution is -2.55. The second-order valence-electron chi connectivity index (χ2n) is 16.7. The summed E-state index contributed by atoms with van der Waals surface area (Å²) in [5.41, 5.74) is 8.49. The van der Waals surface area contributed by atoms with Crippen molar-refractivity contribution in [3.8, 4) is 17.6 Å². The van der Waals surface area contributed by atoms with Crippen LogP contribution in [-0.4, -0.2) is 73.1 Å². The molecule has 2 fully saturated rings. The number of nitro groups is 1. The number of nitrogens with two attached hydrogens (primary N) is 1. The van der Waals surface area contributed by atoms with E-state index in [0.29, 0.717) is 39.1 Å². The van der Waals surface area contributed by atoms with Gasteiger partial charge in [-0.3, -0.25) is 29.4 Å². The molecule has 3 aliphatic rings. The minimum absolute atomic E-state index is 0.00505. The molecule has 6 aromatic carbocycles. The van der Waals surface area contributed by atoms with Gasteiger partial charge in [0.2, 0.25) is 11.8 Å². The summed E-state index contributed by atoms with van der Waals surface area (Å²) in [4.78, 5) is 73.9. The molecule has 2 saturated heterocycles. The number of para-hydroxylation sites is 1. The fraction of sp³-hybridized carbons (Fsp3) is 0.192. The van der Waals surface area contributed by atoms with E-state index in [1.807, 2.05) is 89.8 Å². The molecular formula is C52H41N7O10. The van der Waals surface area contributed by atoms with Crippen LogP contribution in [0.4, 0.5) is 16.2 Å². The van der Waals surface area contributed by atoms with Crippen LogP contribution in [0.2, 0.25) is 0 Å². The van der Waals surface area contributed by atoms with Crippen molar-refractivity contribution < 1.29 is 43.4 Å². The number of primary amides is 1. The van der Waals surface area contributed by atoms with E-state index in [1.54, 1.807) is 47.1 Å². The number of rotatable bonds is 11. The minimum atomic E-state index is -2.14. The zero-order valence-corrected chi connectivity index (χ0v) is 36.5. The van der Waals surface area contributed by atoms with Crippen LogP contribution in [0.3, 0.4) is 0 Å². The Balaban J connectivity index is 1.18. The fourth-order valence-corrected chi connectivity index (χ4v) is 10.1. The summed E-state index contributed by atoms with van der Waals surface area (Å²) < 4.78 is 19.6. The highest BCUT2D eigenvalue weighted by molar-refractivity contribution is 6.23. The average molecular weight is 924 g/mol. The highest BCUT2D eigenvalue weighted by Gasteiger charge is 2.75. The van der Waals surface area contributed by atoms with Crippen LogP contribution in [0.15, 0.2) is 152 Å². The summed E-state index contributed by atoms with van der Waals surface area (Å²) in [7, 11) is 0.